The minimum atomic E-state index is -0.226. The van der Waals surface area contributed by atoms with Gasteiger partial charge in [0.15, 0.2) is 0 Å². The number of methoxy groups -OCH3 is 1. The van der Waals surface area contributed by atoms with E-state index in [9.17, 15) is 4.79 Å². The molecule has 0 atom stereocenters. The number of rotatable bonds is 5. The lowest BCUT2D eigenvalue weighted by atomic mass is 10.1. The Hall–Kier alpha value is -1.43. The van der Waals surface area contributed by atoms with Crippen LogP contribution in [0.25, 0.3) is 0 Å². The Labute approximate surface area is 100 Å². The molecule has 5 heteroatoms. The molecule has 2 rings (SSSR count). The summed E-state index contributed by atoms with van der Waals surface area (Å²) in [7, 11) is 1.58. The zero-order valence-corrected chi connectivity index (χ0v) is 9.79. The van der Waals surface area contributed by atoms with E-state index in [1.54, 1.807) is 13.2 Å². The van der Waals surface area contributed by atoms with Crippen LogP contribution in [0.5, 0.6) is 0 Å². The van der Waals surface area contributed by atoms with Crippen molar-refractivity contribution < 1.29 is 14.4 Å². The maximum atomic E-state index is 11.7. The average molecular weight is 236 g/mol. The molecule has 5 nitrogen and oxygen atoms in total. The number of fused-ring (bicyclic) bond motifs is 1. The van der Waals surface area contributed by atoms with Gasteiger partial charge in [-0.05, 0) is 23.3 Å². The summed E-state index contributed by atoms with van der Waals surface area (Å²) >= 11 is 0. The minimum absolute atomic E-state index is 0.226. The molecule has 0 aliphatic carbocycles. The molecule has 0 saturated heterocycles. The van der Waals surface area contributed by atoms with Crippen molar-refractivity contribution in [1.29, 1.82) is 0 Å². The fourth-order valence-corrected chi connectivity index (χ4v) is 1.74. The molecule has 2 N–H and O–H groups in total. The predicted octanol–water partition coefficient (Wildman–Crippen LogP) is 0.598. The summed E-state index contributed by atoms with van der Waals surface area (Å²) < 4.78 is 4.81. The Kier molecular flexibility index (Phi) is 4.08. The van der Waals surface area contributed by atoms with Gasteiger partial charge in [-0.15, -0.1) is 0 Å². The van der Waals surface area contributed by atoms with Gasteiger partial charge < -0.3 is 10.1 Å². The lowest BCUT2D eigenvalue weighted by Crippen LogP contribution is -2.25. The normalized spacial score (nSPS) is 13.5. The lowest BCUT2D eigenvalue weighted by Gasteiger charge is -2.06. The molecule has 1 aliphatic rings. The first-order valence-corrected chi connectivity index (χ1v) is 5.55. The van der Waals surface area contributed by atoms with Crippen molar-refractivity contribution in [2.75, 3.05) is 20.3 Å². The molecule has 0 unspecified atom stereocenters. The highest BCUT2D eigenvalue weighted by Gasteiger charge is 2.13. The van der Waals surface area contributed by atoms with E-state index in [0.29, 0.717) is 18.8 Å². The molecule has 1 aromatic rings. The third kappa shape index (κ3) is 3.03. The first kappa shape index (κ1) is 12.0. The number of hydrogen-bond acceptors (Lipinski definition) is 4. The van der Waals surface area contributed by atoms with Crippen LogP contribution in [-0.4, -0.2) is 26.2 Å². The van der Waals surface area contributed by atoms with Crippen molar-refractivity contribution in [3.63, 3.8) is 0 Å². The van der Waals surface area contributed by atoms with E-state index in [-0.39, 0.29) is 5.91 Å². The van der Waals surface area contributed by atoms with Gasteiger partial charge in [-0.25, -0.2) is 5.48 Å². The fraction of sp³-hybridized carbons (Fsp3) is 0.417. The second-order valence-corrected chi connectivity index (χ2v) is 3.86. The average Bonchev–Trinajstić information content (AvgIpc) is 2.81. The lowest BCUT2D eigenvalue weighted by molar-refractivity contribution is 0.00888. The zero-order valence-electron chi connectivity index (χ0n) is 9.79. The standard InChI is InChI=1S/C12H16N2O3/c1-16-4-5-17-14-12(15)9-2-3-10-7-13-8-11(10)6-9/h2-3,6,13H,4-5,7-8H2,1H3,(H,14,15). The van der Waals surface area contributed by atoms with E-state index in [4.69, 9.17) is 9.57 Å². The molecular formula is C12H16N2O3. The molecule has 0 fully saturated rings. The summed E-state index contributed by atoms with van der Waals surface area (Å²) in [6.07, 6.45) is 0. The van der Waals surface area contributed by atoms with Gasteiger partial charge in [0.05, 0.1) is 13.2 Å². The van der Waals surface area contributed by atoms with Gasteiger partial charge in [-0.3, -0.25) is 9.63 Å². The molecule has 1 aliphatic heterocycles. The first-order chi connectivity index (χ1) is 8.31. The molecule has 1 heterocycles. The maximum Gasteiger partial charge on any atom is 0.274 e. The summed E-state index contributed by atoms with van der Waals surface area (Å²) in [4.78, 5) is 16.7. The topological polar surface area (TPSA) is 59.6 Å². The van der Waals surface area contributed by atoms with E-state index in [1.807, 2.05) is 12.1 Å². The van der Waals surface area contributed by atoms with E-state index >= 15 is 0 Å². The monoisotopic (exact) mass is 236 g/mol. The van der Waals surface area contributed by atoms with Crippen LogP contribution in [0.15, 0.2) is 18.2 Å². The summed E-state index contributed by atoms with van der Waals surface area (Å²) in [6, 6.07) is 5.67. The van der Waals surface area contributed by atoms with Crippen molar-refractivity contribution in [1.82, 2.24) is 10.8 Å². The Bertz CT molecular complexity index is 407. The number of carbonyl (C=O) groups is 1. The fourth-order valence-electron chi connectivity index (χ4n) is 1.74. The van der Waals surface area contributed by atoms with Crippen LogP contribution >= 0.6 is 0 Å². The number of nitrogens with one attached hydrogen (secondary N) is 2. The third-order valence-corrected chi connectivity index (χ3v) is 2.65. The molecule has 17 heavy (non-hydrogen) atoms. The molecule has 0 spiro atoms. The molecular weight excluding hydrogens is 220 g/mol. The molecule has 0 bridgehead atoms. The highest BCUT2D eigenvalue weighted by atomic mass is 16.7. The van der Waals surface area contributed by atoms with Crippen LogP contribution in [0.2, 0.25) is 0 Å². The minimum Gasteiger partial charge on any atom is -0.382 e. The second kappa shape index (κ2) is 5.77. The molecule has 1 aromatic carbocycles. The molecule has 1 amide bonds. The Morgan fingerprint density at radius 2 is 2.18 bits per heavy atom. The van der Waals surface area contributed by atoms with E-state index in [2.05, 4.69) is 10.8 Å². The van der Waals surface area contributed by atoms with Gasteiger partial charge in [0.2, 0.25) is 0 Å². The van der Waals surface area contributed by atoms with Crippen molar-refractivity contribution in [2.24, 2.45) is 0 Å². The van der Waals surface area contributed by atoms with Gasteiger partial charge in [0.25, 0.3) is 5.91 Å². The Balaban J connectivity index is 1.91. The SMILES string of the molecule is COCCONC(=O)c1ccc2c(c1)CNC2. The van der Waals surface area contributed by atoms with Gasteiger partial charge in [-0.2, -0.15) is 0 Å². The van der Waals surface area contributed by atoms with Crippen LogP contribution in [-0.2, 0) is 22.7 Å². The Morgan fingerprint density at radius 1 is 1.35 bits per heavy atom. The molecule has 92 valence electrons. The molecule has 0 saturated carbocycles. The number of benzene rings is 1. The number of carbonyl (C=O) groups excluding carboxylic acids is 1. The van der Waals surface area contributed by atoms with E-state index in [0.717, 1.165) is 13.1 Å². The van der Waals surface area contributed by atoms with Crippen LogP contribution in [0, 0.1) is 0 Å². The van der Waals surface area contributed by atoms with Crippen LogP contribution in [0.1, 0.15) is 21.5 Å². The van der Waals surface area contributed by atoms with Gasteiger partial charge in [0, 0.05) is 25.8 Å². The predicted molar refractivity (Wildman–Crippen MR) is 62.3 cm³/mol. The van der Waals surface area contributed by atoms with E-state index in [1.165, 1.54) is 11.1 Å². The second-order valence-electron chi connectivity index (χ2n) is 3.86. The smallest absolute Gasteiger partial charge is 0.274 e. The van der Waals surface area contributed by atoms with Gasteiger partial charge in [0.1, 0.15) is 0 Å². The van der Waals surface area contributed by atoms with Gasteiger partial charge in [-0.1, -0.05) is 6.07 Å². The Morgan fingerprint density at radius 3 is 3.00 bits per heavy atom. The molecule has 0 radical (unpaired) electrons. The maximum absolute atomic E-state index is 11.7. The first-order valence-electron chi connectivity index (χ1n) is 5.55. The highest BCUT2D eigenvalue weighted by molar-refractivity contribution is 5.93. The number of hydrogen-bond donors (Lipinski definition) is 2. The van der Waals surface area contributed by atoms with Crippen LogP contribution < -0.4 is 10.8 Å². The van der Waals surface area contributed by atoms with Crippen LogP contribution in [0.4, 0.5) is 0 Å². The molecule has 0 aromatic heterocycles. The zero-order chi connectivity index (χ0) is 12.1. The summed E-state index contributed by atoms with van der Waals surface area (Å²) in [6.45, 7) is 2.49. The van der Waals surface area contributed by atoms with Crippen LogP contribution in [0.3, 0.4) is 0 Å². The number of amides is 1. The van der Waals surface area contributed by atoms with Gasteiger partial charge >= 0.3 is 0 Å². The largest absolute Gasteiger partial charge is 0.382 e. The van der Waals surface area contributed by atoms with Crippen molar-refractivity contribution >= 4 is 5.91 Å². The van der Waals surface area contributed by atoms with E-state index < -0.39 is 0 Å². The summed E-state index contributed by atoms with van der Waals surface area (Å²) in [5.41, 5.74) is 5.43. The number of ether oxygens (including phenoxy) is 1. The van der Waals surface area contributed by atoms with Crippen molar-refractivity contribution in [3.05, 3.63) is 34.9 Å². The highest BCUT2D eigenvalue weighted by Crippen LogP contribution is 2.16. The summed E-state index contributed by atoms with van der Waals surface area (Å²) in [5.74, 6) is -0.226. The van der Waals surface area contributed by atoms with Crippen molar-refractivity contribution in [3.8, 4) is 0 Å². The van der Waals surface area contributed by atoms with Crippen molar-refractivity contribution in [2.45, 2.75) is 13.1 Å². The summed E-state index contributed by atoms with van der Waals surface area (Å²) in [5, 5.41) is 3.23. The third-order valence-electron chi connectivity index (χ3n) is 2.65. The quantitative estimate of drug-likeness (QED) is 0.580. The number of hydroxylamine groups is 1.